The molecule has 2 aliphatic carbocycles. The van der Waals surface area contributed by atoms with Crippen molar-refractivity contribution >= 4 is 5.78 Å². The molecule has 4 unspecified atom stereocenters. The van der Waals surface area contributed by atoms with Crippen LogP contribution < -0.4 is 0 Å². The maximum absolute atomic E-state index is 12.8. The molecule has 0 amide bonds. The first kappa shape index (κ1) is 18.9. The van der Waals surface area contributed by atoms with E-state index in [1.165, 1.54) is 44.9 Å². The van der Waals surface area contributed by atoms with E-state index in [4.69, 9.17) is 9.47 Å². The number of ether oxygens (including phenoxy) is 2. The van der Waals surface area contributed by atoms with E-state index in [0.717, 1.165) is 25.7 Å². The molecule has 2 aliphatic rings. The molecule has 2 rings (SSSR count). The minimum Gasteiger partial charge on any atom is -0.353 e. The van der Waals surface area contributed by atoms with Gasteiger partial charge < -0.3 is 9.47 Å². The Hall–Kier alpha value is -0.410. The van der Waals surface area contributed by atoms with Gasteiger partial charge >= 0.3 is 0 Å². The number of hydrogen-bond acceptors (Lipinski definition) is 3. The summed E-state index contributed by atoms with van der Waals surface area (Å²) in [7, 11) is 0. The Kier molecular flexibility index (Phi) is 7.55. The van der Waals surface area contributed by atoms with Crippen LogP contribution >= 0.6 is 0 Å². The van der Waals surface area contributed by atoms with Gasteiger partial charge in [0.05, 0.1) is 5.60 Å². The van der Waals surface area contributed by atoms with E-state index in [1.54, 1.807) is 0 Å². The summed E-state index contributed by atoms with van der Waals surface area (Å²) in [6, 6.07) is 0. The van der Waals surface area contributed by atoms with Gasteiger partial charge in [0.1, 0.15) is 5.78 Å². The maximum atomic E-state index is 12.8. The molecule has 0 aromatic heterocycles. The van der Waals surface area contributed by atoms with Gasteiger partial charge in [-0.15, -0.1) is 0 Å². The molecule has 0 bridgehead atoms. The van der Waals surface area contributed by atoms with Gasteiger partial charge in [-0.1, -0.05) is 51.9 Å². The molecule has 23 heavy (non-hydrogen) atoms. The maximum Gasteiger partial charge on any atom is 0.155 e. The molecule has 2 saturated carbocycles. The summed E-state index contributed by atoms with van der Waals surface area (Å²) in [4.78, 5) is 12.8. The van der Waals surface area contributed by atoms with Crippen LogP contribution in [-0.4, -0.2) is 24.3 Å². The van der Waals surface area contributed by atoms with Gasteiger partial charge in [0, 0.05) is 18.9 Å². The predicted molar refractivity (Wildman–Crippen MR) is 93.4 cm³/mol. The quantitative estimate of drug-likeness (QED) is 0.661. The Balaban J connectivity index is 2.20. The summed E-state index contributed by atoms with van der Waals surface area (Å²) in [5.41, 5.74) is -0.284. The lowest BCUT2D eigenvalue weighted by Crippen LogP contribution is -2.51. The third kappa shape index (κ3) is 5.29. The summed E-state index contributed by atoms with van der Waals surface area (Å²) in [5.74, 6) is 0.948. The zero-order valence-electron chi connectivity index (χ0n) is 15.4. The highest BCUT2D eigenvalue weighted by Crippen LogP contribution is 2.45. The number of rotatable bonds is 4. The lowest BCUT2D eigenvalue weighted by atomic mass is 9.66. The molecule has 0 heterocycles. The van der Waals surface area contributed by atoms with Crippen molar-refractivity contribution in [3.8, 4) is 0 Å². The first-order valence-electron chi connectivity index (χ1n) is 9.89. The normalized spacial score (nSPS) is 35.2. The van der Waals surface area contributed by atoms with Crippen molar-refractivity contribution in [2.24, 2.45) is 11.8 Å². The van der Waals surface area contributed by atoms with E-state index in [1.807, 2.05) is 13.8 Å². The van der Waals surface area contributed by atoms with Crippen molar-refractivity contribution in [2.45, 2.75) is 103 Å². The van der Waals surface area contributed by atoms with Gasteiger partial charge in [0.2, 0.25) is 0 Å². The average molecular weight is 325 g/mol. The van der Waals surface area contributed by atoms with Crippen molar-refractivity contribution in [1.82, 2.24) is 0 Å². The van der Waals surface area contributed by atoms with Crippen LogP contribution in [0.25, 0.3) is 0 Å². The monoisotopic (exact) mass is 324 g/mol. The fourth-order valence-electron chi connectivity index (χ4n) is 4.73. The summed E-state index contributed by atoms with van der Waals surface area (Å²) in [5, 5.41) is 0. The minimum absolute atomic E-state index is 0.0831. The minimum atomic E-state index is -0.284. The first-order chi connectivity index (χ1) is 11.1. The molecule has 134 valence electrons. The number of Topliss-reactive ketones (excluding diaryl/α,β-unsaturated/α-hetero) is 1. The zero-order chi connectivity index (χ0) is 16.7. The number of carbonyl (C=O) groups excluding carboxylic acids is 1. The standard InChI is InChI=1S/C20H36O3/c1-4-22-17(3)23-20-13-11-9-7-5-6-8-10-12-18(20)19(21)14-16(2)15-20/h16-18H,4-15H2,1-3H3. The van der Waals surface area contributed by atoms with Crippen LogP contribution in [0.1, 0.15) is 91.4 Å². The van der Waals surface area contributed by atoms with Crippen LogP contribution in [0.4, 0.5) is 0 Å². The van der Waals surface area contributed by atoms with Crippen LogP contribution in [0, 0.1) is 11.8 Å². The highest BCUT2D eigenvalue weighted by Gasteiger charge is 2.48. The second-order valence-corrected chi connectivity index (χ2v) is 7.75. The summed E-state index contributed by atoms with van der Waals surface area (Å²) < 4.78 is 12.2. The van der Waals surface area contributed by atoms with E-state index in [2.05, 4.69) is 6.92 Å². The van der Waals surface area contributed by atoms with Crippen molar-refractivity contribution in [3.63, 3.8) is 0 Å². The number of fused-ring (bicyclic) bond motifs is 1. The second kappa shape index (κ2) is 9.17. The van der Waals surface area contributed by atoms with Crippen LogP contribution in [0.2, 0.25) is 0 Å². The highest BCUT2D eigenvalue weighted by atomic mass is 16.7. The van der Waals surface area contributed by atoms with Crippen molar-refractivity contribution in [2.75, 3.05) is 6.61 Å². The van der Waals surface area contributed by atoms with Gasteiger partial charge in [-0.05, 0) is 39.0 Å². The van der Waals surface area contributed by atoms with E-state index in [-0.39, 0.29) is 17.8 Å². The Morgan fingerprint density at radius 3 is 2.48 bits per heavy atom. The zero-order valence-corrected chi connectivity index (χ0v) is 15.4. The first-order valence-corrected chi connectivity index (χ1v) is 9.89. The Morgan fingerprint density at radius 2 is 1.78 bits per heavy atom. The highest BCUT2D eigenvalue weighted by molar-refractivity contribution is 5.83. The van der Waals surface area contributed by atoms with E-state index < -0.39 is 0 Å². The third-order valence-corrected chi connectivity index (χ3v) is 5.66. The fourth-order valence-corrected chi connectivity index (χ4v) is 4.73. The van der Waals surface area contributed by atoms with E-state index >= 15 is 0 Å². The molecule has 0 spiro atoms. The second-order valence-electron chi connectivity index (χ2n) is 7.75. The number of hydrogen-bond donors (Lipinski definition) is 0. The molecule has 2 fully saturated rings. The largest absolute Gasteiger partial charge is 0.353 e. The molecule has 0 N–H and O–H groups in total. The van der Waals surface area contributed by atoms with Crippen LogP contribution in [0.5, 0.6) is 0 Å². The fraction of sp³-hybridized carbons (Fsp3) is 0.950. The van der Waals surface area contributed by atoms with Crippen molar-refractivity contribution in [1.29, 1.82) is 0 Å². The third-order valence-electron chi connectivity index (χ3n) is 5.66. The van der Waals surface area contributed by atoms with Crippen LogP contribution in [-0.2, 0) is 14.3 Å². The molecular formula is C20H36O3. The lowest BCUT2D eigenvalue weighted by molar-refractivity contribution is -0.232. The Bertz CT molecular complexity index is 368. The predicted octanol–water partition coefficient (Wildman–Crippen LogP) is 5.26. The van der Waals surface area contributed by atoms with Gasteiger partial charge in [-0.25, -0.2) is 0 Å². The van der Waals surface area contributed by atoms with Gasteiger partial charge in [0.25, 0.3) is 0 Å². The van der Waals surface area contributed by atoms with Gasteiger partial charge in [-0.3, -0.25) is 4.79 Å². The molecule has 3 heteroatoms. The molecule has 0 saturated heterocycles. The van der Waals surface area contributed by atoms with Gasteiger partial charge in [0.15, 0.2) is 6.29 Å². The molecule has 0 aromatic rings. The molecule has 0 aromatic carbocycles. The summed E-state index contributed by atoms with van der Waals surface area (Å²) in [6.07, 6.45) is 12.4. The molecule has 0 aliphatic heterocycles. The van der Waals surface area contributed by atoms with Crippen LogP contribution in [0.15, 0.2) is 0 Å². The van der Waals surface area contributed by atoms with Gasteiger partial charge in [-0.2, -0.15) is 0 Å². The van der Waals surface area contributed by atoms with Crippen molar-refractivity contribution in [3.05, 3.63) is 0 Å². The Labute approximate surface area is 142 Å². The molecule has 0 radical (unpaired) electrons. The topological polar surface area (TPSA) is 35.5 Å². The molecule has 3 nitrogen and oxygen atoms in total. The summed E-state index contributed by atoms with van der Waals surface area (Å²) in [6.45, 7) is 6.85. The number of ketones is 1. The van der Waals surface area contributed by atoms with Crippen molar-refractivity contribution < 1.29 is 14.3 Å². The molecular weight excluding hydrogens is 288 g/mol. The van der Waals surface area contributed by atoms with E-state index in [9.17, 15) is 4.79 Å². The molecule has 4 atom stereocenters. The lowest BCUT2D eigenvalue weighted by Gasteiger charge is -2.46. The van der Waals surface area contributed by atoms with E-state index in [0.29, 0.717) is 18.3 Å². The Morgan fingerprint density at radius 1 is 1.13 bits per heavy atom. The smallest absolute Gasteiger partial charge is 0.155 e. The summed E-state index contributed by atoms with van der Waals surface area (Å²) >= 11 is 0. The van der Waals surface area contributed by atoms with Crippen LogP contribution in [0.3, 0.4) is 0 Å². The number of carbonyl (C=O) groups is 1. The SMILES string of the molecule is CCOC(C)OC12CCCCCCCCCC1C(=O)CC(C)C2. The average Bonchev–Trinajstić information content (AvgIpc) is 2.51.